The van der Waals surface area contributed by atoms with Crippen molar-refractivity contribution in [3.63, 3.8) is 0 Å². The fourth-order valence-corrected chi connectivity index (χ4v) is 3.97. The Balaban J connectivity index is 1.65. The average molecular weight is 586 g/mol. The predicted octanol–water partition coefficient (Wildman–Crippen LogP) is 1.68. The number of hydrogen-bond donors (Lipinski definition) is 3. The molecule has 1 aromatic rings. The number of ether oxygens (including phenoxy) is 2. The number of halogens is 4. The molecule has 4 atom stereocenters. The first-order valence-corrected chi connectivity index (χ1v) is 12.4. The lowest BCUT2D eigenvalue weighted by molar-refractivity contribution is -0.144. The summed E-state index contributed by atoms with van der Waals surface area (Å²) in [5, 5.41) is 13.9. The van der Waals surface area contributed by atoms with Gasteiger partial charge in [0, 0.05) is 18.8 Å². The van der Waals surface area contributed by atoms with Gasteiger partial charge in [0.05, 0.1) is 25.6 Å². The molecule has 1 fully saturated rings. The van der Waals surface area contributed by atoms with Crippen LogP contribution in [0.15, 0.2) is 47.8 Å². The molecule has 2 aliphatic rings. The topological polar surface area (TPSA) is 151 Å². The summed E-state index contributed by atoms with van der Waals surface area (Å²) in [5.74, 6) is -11.7. The fourth-order valence-electron chi connectivity index (χ4n) is 3.97. The van der Waals surface area contributed by atoms with E-state index in [1.165, 1.54) is 0 Å². The molecule has 1 aromatic carbocycles. The van der Waals surface area contributed by atoms with Crippen molar-refractivity contribution in [2.24, 2.45) is 5.92 Å². The molecule has 3 amide bonds. The number of amides is 3. The van der Waals surface area contributed by atoms with E-state index in [2.05, 4.69) is 15.4 Å². The lowest BCUT2D eigenvalue weighted by Crippen LogP contribution is -2.50. The smallest absolute Gasteiger partial charge is 0.313 e. The van der Waals surface area contributed by atoms with Gasteiger partial charge in [-0.25, -0.2) is 13.2 Å². The van der Waals surface area contributed by atoms with E-state index in [1.54, 1.807) is 31.2 Å². The molecule has 0 spiro atoms. The molecule has 11 nitrogen and oxygen atoms in total. The average Bonchev–Trinajstić information content (AvgIpc) is 3.18. The van der Waals surface area contributed by atoms with Crippen molar-refractivity contribution in [3.8, 4) is 0 Å². The molecule has 0 aromatic heterocycles. The van der Waals surface area contributed by atoms with E-state index in [-0.39, 0.29) is 32.4 Å². The molecule has 1 aliphatic carbocycles. The number of benzene rings is 1. The molecule has 41 heavy (non-hydrogen) atoms. The minimum absolute atomic E-state index is 0.0237. The maximum absolute atomic E-state index is 14.0. The van der Waals surface area contributed by atoms with Crippen LogP contribution in [-0.2, 0) is 33.4 Å². The summed E-state index contributed by atoms with van der Waals surface area (Å²) in [5.41, 5.74) is 1.12. The van der Waals surface area contributed by atoms with Gasteiger partial charge >= 0.3 is 17.8 Å². The minimum Gasteiger partial charge on any atom is -0.484 e. The molecule has 3 unspecified atom stereocenters. The van der Waals surface area contributed by atoms with E-state index < -0.39 is 84.2 Å². The van der Waals surface area contributed by atoms with Crippen LogP contribution in [-0.4, -0.2) is 90.8 Å². The Labute approximate surface area is 231 Å². The number of aliphatic carboxylic acids is 1. The standard InChI is InChI=1S/C26H27F4N3O8/c1-13-4-2-3-5-17(13)31-25(38)26(39)33-6-7-40-11-14(10-33)24(37)32-18(9-20(35)36)19(34)12-41-23-21(29)15(27)8-16(28)22(23)30/h2-5,8,14-15,18,21H,6-7,9-12H2,1H3,(H,31,38)(H,32,37)(H,35,36)/t14?,15?,18-,21?/m0/s1. The van der Waals surface area contributed by atoms with E-state index >= 15 is 0 Å². The second kappa shape index (κ2) is 13.9. The SMILES string of the molecule is Cc1ccccc1NC(=O)C(=O)N1CCOCC(C(=O)N[C@@H](CC(=O)O)C(=O)COC2=C(F)C(F)=CC(F)C2F)C1. The number of allylic oxidation sites excluding steroid dienone is 4. The highest BCUT2D eigenvalue weighted by Gasteiger charge is 2.37. The minimum atomic E-state index is -2.75. The predicted molar refractivity (Wildman–Crippen MR) is 133 cm³/mol. The number of carbonyl (C=O) groups excluding carboxylic acids is 4. The second-order valence-electron chi connectivity index (χ2n) is 9.25. The molecule has 0 saturated carbocycles. The summed E-state index contributed by atoms with van der Waals surface area (Å²) in [6, 6.07) is 4.96. The largest absolute Gasteiger partial charge is 0.484 e. The highest BCUT2D eigenvalue weighted by atomic mass is 19.2. The number of ketones is 1. The van der Waals surface area contributed by atoms with E-state index in [0.29, 0.717) is 11.3 Å². The number of alkyl halides is 2. The second-order valence-corrected chi connectivity index (χ2v) is 9.25. The third-order valence-electron chi connectivity index (χ3n) is 6.23. The lowest BCUT2D eigenvalue weighted by atomic mass is 10.1. The van der Waals surface area contributed by atoms with Crippen molar-refractivity contribution in [3.05, 3.63) is 53.3 Å². The zero-order valence-corrected chi connectivity index (χ0v) is 21.7. The first-order chi connectivity index (χ1) is 19.4. The van der Waals surface area contributed by atoms with E-state index in [1.807, 2.05) is 0 Å². The highest BCUT2D eigenvalue weighted by Crippen LogP contribution is 2.32. The summed E-state index contributed by atoms with van der Waals surface area (Å²) in [6.45, 7) is -0.116. The van der Waals surface area contributed by atoms with Crippen molar-refractivity contribution < 1.29 is 56.1 Å². The molecule has 0 radical (unpaired) electrons. The summed E-state index contributed by atoms with van der Waals surface area (Å²) in [4.78, 5) is 63.3. The van der Waals surface area contributed by atoms with E-state index in [0.717, 1.165) is 4.90 Å². The van der Waals surface area contributed by atoms with Crippen LogP contribution < -0.4 is 10.6 Å². The Morgan fingerprint density at radius 3 is 2.56 bits per heavy atom. The molecule has 0 bridgehead atoms. The zero-order chi connectivity index (χ0) is 30.3. The molecule has 1 heterocycles. The van der Waals surface area contributed by atoms with Crippen LogP contribution in [0.1, 0.15) is 12.0 Å². The number of nitrogens with one attached hydrogen (secondary N) is 2. The quantitative estimate of drug-likeness (QED) is 0.293. The van der Waals surface area contributed by atoms with Gasteiger partial charge in [-0.2, -0.15) is 4.39 Å². The third-order valence-corrected chi connectivity index (χ3v) is 6.23. The summed E-state index contributed by atoms with van der Waals surface area (Å²) in [7, 11) is 0. The van der Waals surface area contributed by atoms with Crippen LogP contribution in [0.4, 0.5) is 23.2 Å². The van der Waals surface area contributed by atoms with Gasteiger partial charge in [0.1, 0.15) is 12.6 Å². The summed E-state index contributed by atoms with van der Waals surface area (Å²) < 4.78 is 64.8. The monoisotopic (exact) mass is 585 g/mol. The van der Waals surface area contributed by atoms with Gasteiger partial charge in [-0.15, -0.1) is 0 Å². The molecule has 15 heteroatoms. The summed E-state index contributed by atoms with van der Waals surface area (Å²) in [6.07, 6.45) is -6.24. The Morgan fingerprint density at radius 1 is 1.17 bits per heavy atom. The fraction of sp³-hybridized carbons (Fsp3) is 0.423. The van der Waals surface area contributed by atoms with Crippen LogP contribution >= 0.6 is 0 Å². The zero-order valence-electron chi connectivity index (χ0n) is 21.7. The number of carboxylic acids is 1. The lowest BCUT2D eigenvalue weighted by Gasteiger charge is -2.25. The van der Waals surface area contributed by atoms with Gasteiger partial charge in [0.25, 0.3) is 0 Å². The van der Waals surface area contributed by atoms with Crippen LogP contribution in [0.25, 0.3) is 0 Å². The number of anilines is 1. The van der Waals surface area contributed by atoms with Crippen molar-refractivity contribution in [2.75, 3.05) is 38.2 Å². The van der Waals surface area contributed by atoms with Crippen LogP contribution in [0.5, 0.6) is 0 Å². The Bertz CT molecular complexity index is 1270. The Hall–Kier alpha value is -4.27. The van der Waals surface area contributed by atoms with Crippen molar-refractivity contribution in [1.29, 1.82) is 0 Å². The van der Waals surface area contributed by atoms with E-state index in [9.17, 15) is 46.6 Å². The van der Waals surface area contributed by atoms with Gasteiger partial charge in [0.2, 0.25) is 5.91 Å². The van der Waals surface area contributed by atoms with Crippen molar-refractivity contribution >= 4 is 35.2 Å². The van der Waals surface area contributed by atoms with Crippen LogP contribution in [0.3, 0.4) is 0 Å². The number of carboxylic acid groups (broad SMARTS) is 1. The normalized spacial score (nSPS) is 21.7. The Morgan fingerprint density at radius 2 is 1.88 bits per heavy atom. The molecule has 1 aliphatic heterocycles. The number of aryl methyl sites for hydroxylation is 1. The molecular weight excluding hydrogens is 558 g/mol. The van der Waals surface area contributed by atoms with Gasteiger partial charge in [0.15, 0.2) is 35.5 Å². The van der Waals surface area contributed by atoms with Crippen LogP contribution in [0, 0.1) is 12.8 Å². The Kier molecular flexibility index (Phi) is 10.6. The highest BCUT2D eigenvalue weighted by molar-refractivity contribution is 6.39. The molecule has 1 saturated heterocycles. The first kappa shape index (κ1) is 31.3. The van der Waals surface area contributed by atoms with Crippen molar-refractivity contribution in [1.82, 2.24) is 10.2 Å². The van der Waals surface area contributed by atoms with E-state index in [4.69, 9.17) is 4.74 Å². The number of rotatable bonds is 9. The maximum atomic E-state index is 14.0. The molecular formula is C26H27F4N3O8. The number of Topliss-reactive ketones (excluding diaryl/α,β-unsaturated/α-hetero) is 1. The van der Waals surface area contributed by atoms with Crippen molar-refractivity contribution in [2.45, 2.75) is 31.7 Å². The third kappa shape index (κ3) is 8.13. The van der Waals surface area contributed by atoms with Gasteiger partial charge in [-0.1, -0.05) is 18.2 Å². The number of nitrogens with zero attached hydrogens (tertiary/aromatic N) is 1. The molecule has 3 N–H and O–H groups in total. The number of carbonyl (C=O) groups is 5. The number of para-hydroxylation sites is 1. The van der Waals surface area contributed by atoms with Gasteiger partial charge < -0.3 is 30.1 Å². The molecule has 3 rings (SSSR count). The maximum Gasteiger partial charge on any atom is 0.313 e. The van der Waals surface area contributed by atoms with Gasteiger partial charge in [-0.3, -0.25) is 24.0 Å². The summed E-state index contributed by atoms with van der Waals surface area (Å²) >= 11 is 0. The van der Waals surface area contributed by atoms with Gasteiger partial charge in [-0.05, 0) is 24.6 Å². The first-order valence-electron chi connectivity index (χ1n) is 12.4. The van der Waals surface area contributed by atoms with Crippen LogP contribution in [0.2, 0.25) is 0 Å². The number of hydrogen-bond acceptors (Lipinski definition) is 7. The molecule has 222 valence electrons.